The van der Waals surface area contributed by atoms with E-state index in [4.69, 9.17) is 4.74 Å². The third kappa shape index (κ3) is 5.74. The molecule has 1 amide bonds. The lowest BCUT2D eigenvalue weighted by Crippen LogP contribution is -2.20. The Morgan fingerprint density at radius 2 is 1.80 bits per heavy atom. The molecule has 0 spiro atoms. The van der Waals surface area contributed by atoms with Gasteiger partial charge < -0.3 is 14.8 Å². The van der Waals surface area contributed by atoms with Gasteiger partial charge in [0.05, 0.1) is 0 Å². The summed E-state index contributed by atoms with van der Waals surface area (Å²) < 4.78 is 34.1. The molecule has 0 saturated carbocycles. The highest BCUT2D eigenvalue weighted by atomic mass is 19.3. The number of alkyl halides is 2. The van der Waals surface area contributed by atoms with Crippen LogP contribution in [0.3, 0.4) is 0 Å². The number of hydrogen-bond acceptors (Lipinski definition) is 3. The average molecular weight is 349 g/mol. The molecule has 0 aromatic heterocycles. The predicted octanol–water partition coefficient (Wildman–Crippen LogP) is 4.74. The number of halogens is 2. The zero-order valence-electron chi connectivity index (χ0n) is 14.4. The number of anilines is 1. The number of carbonyl (C=O) groups excluding carboxylic acids is 1. The number of carbonyl (C=O) groups is 1. The standard InChI is InChI=1S/C19H21F2NO3/c1-12(2)16-9-4-13(3)10-17(16)24-11-18(23)22-14-5-7-15(8-6-14)25-19(20)21/h4-10,12,19H,11H2,1-3H3,(H,22,23). The molecule has 0 fully saturated rings. The molecule has 25 heavy (non-hydrogen) atoms. The van der Waals surface area contributed by atoms with Crippen molar-refractivity contribution in [3.05, 3.63) is 53.6 Å². The van der Waals surface area contributed by atoms with E-state index in [-0.39, 0.29) is 24.2 Å². The summed E-state index contributed by atoms with van der Waals surface area (Å²) >= 11 is 0. The van der Waals surface area contributed by atoms with Crippen LogP contribution in [0.15, 0.2) is 42.5 Å². The molecule has 0 heterocycles. The molecule has 0 aliphatic rings. The van der Waals surface area contributed by atoms with Crippen LogP contribution >= 0.6 is 0 Å². The number of hydrogen-bond donors (Lipinski definition) is 1. The van der Waals surface area contributed by atoms with E-state index in [0.29, 0.717) is 11.4 Å². The van der Waals surface area contributed by atoms with E-state index in [9.17, 15) is 13.6 Å². The summed E-state index contributed by atoms with van der Waals surface area (Å²) in [5.41, 5.74) is 2.56. The number of ether oxygens (including phenoxy) is 2. The van der Waals surface area contributed by atoms with Gasteiger partial charge in [-0.05, 0) is 54.3 Å². The SMILES string of the molecule is Cc1ccc(C(C)C)c(OCC(=O)Nc2ccc(OC(F)F)cc2)c1. The number of nitrogens with one attached hydrogen (secondary N) is 1. The van der Waals surface area contributed by atoms with Crippen molar-refractivity contribution < 1.29 is 23.0 Å². The lowest BCUT2D eigenvalue weighted by molar-refractivity contribution is -0.118. The molecule has 2 rings (SSSR count). The van der Waals surface area contributed by atoms with Gasteiger partial charge in [0.15, 0.2) is 6.61 Å². The van der Waals surface area contributed by atoms with Gasteiger partial charge in [0.1, 0.15) is 11.5 Å². The van der Waals surface area contributed by atoms with Gasteiger partial charge in [-0.1, -0.05) is 26.0 Å². The largest absolute Gasteiger partial charge is 0.483 e. The summed E-state index contributed by atoms with van der Waals surface area (Å²) in [6.07, 6.45) is 0. The Kier molecular flexibility index (Phi) is 6.33. The molecule has 2 aromatic rings. The molecule has 0 radical (unpaired) electrons. The van der Waals surface area contributed by atoms with Gasteiger partial charge in [-0.15, -0.1) is 0 Å². The quantitative estimate of drug-likeness (QED) is 0.785. The molecule has 134 valence electrons. The first kappa shape index (κ1) is 18.7. The molecule has 0 bridgehead atoms. The van der Waals surface area contributed by atoms with Crippen molar-refractivity contribution in [2.24, 2.45) is 0 Å². The molecule has 4 nitrogen and oxygen atoms in total. The zero-order chi connectivity index (χ0) is 18.4. The fraction of sp³-hybridized carbons (Fsp3) is 0.316. The maximum Gasteiger partial charge on any atom is 0.387 e. The maximum absolute atomic E-state index is 12.1. The minimum Gasteiger partial charge on any atom is -0.483 e. The van der Waals surface area contributed by atoms with Crippen molar-refractivity contribution >= 4 is 11.6 Å². The van der Waals surface area contributed by atoms with Crippen LogP contribution in [0.1, 0.15) is 30.9 Å². The zero-order valence-corrected chi connectivity index (χ0v) is 14.4. The summed E-state index contributed by atoms with van der Waals surface area (Å²) in [7, 11) is 0. The average Bonchev–Trinajstić information content (AvgIpc) is 2.54. The molecule has 2 aromatic carbocycles. The Labute approximate surface area is 145 Å². The minimum absolute atomic E-state index is 0.0329. The van der Waals surface area contributed by atoms with Gasteiger partial charge in [-0.2, -0.15) is 8.78 Å². The predicted molar refractivity (Wildman–Crippen MR) is 92.5 cm³/mol. The van der Waals surface area contributed by atoms with Gasteiger partial charge in [0, 0.05) is 5.69 Å². The summed E-state index contributed by atoms with van der Waals surface area (Å²) in [6, 6.07) is 11.6. The second kappa shape index (κ2) is 8.46. The third-order valence-electron chi connectivity index (χ3n) is 3.51. The first-order valence-electron chi connectivity index (χ1n) is 7.93. The van der Waals surface area contributed by atoms with Gasteiger partial charge in [-0.3, -0.25) is 4.79 Å². The van der Waals surface area contributed by atoms with Crippen molar-refractivity contribution in [2.75, 3.05) is 11.9 Å². The Bertz CT molecular complexity index is 715. The van der Waals surface area contributed by atoms with Crippen LogP contribution in [0.4, 0.5) is 14.5 Å². The van der Waals surface area contributed by atoms with E-state index in [1.807, 2.05) is 25.1 Å². The molecular weight excluding hydrogens is 328 g/mol. The molecule has 1 N–H and O–H groups in total. The molecular formula is C19H21F2NO3. The fourth-order valence-electron chi connectivity index (χ4n) is 2.30. The van der Waals surface area contributed by atoms with Crippen molar-refractivity contribution in [3.8, 4) is 11.5 Å². The molecule has 0 aliphatic heterocycles. The van der Waals surface area contributed by atoms with Crippen LogP contribution in [-0.4, -0.2) is 19.1 Å². The molecule has 0 unspecified atom stereocenters. The first-order valence-corrected chi connectivity index (χ1v) is 7.93. The lowest BCUT2D eigenvalue weighted by Gasteiger charge is -2.15. The van der Waals surface area contributed by atoms with Gasteiger partial charge in [0.25, 0.3) is 5.91 Å². The van der Waals surface area contributed by atoms with Gasteiger partial charge >= 0.3 is 6.61 Å². The normalized spacial score (nSPS) is 10.8. The third-order valence-corrected chi connectivity index (χ3v) is 3.51. The Morgan fingerprint density at radius 3 is 2.40 bits per heavy atom. The molecule has 0 atom stereocenters. The van der Waals surface area contributed by atoms with Crippen molar-refractivity contribution in [2.45, 2.75) is 33.3 Å². The Hall–Kier alpha value is -2.63. The number of benzene rings is 2. The van der Waals surface area contributed by atoms with E-state index in [1.54, 1.807) is 0 Å². The highest BCUT2D eigenvalue weighted by molar-refractivity contribution is 5.91. The summed E-state index contributed by atoms with van der Waals surface area (Å²) in [6.45, 7) is 3.05. The summed E-state index contributed by atoms with van der Waals surface area (Å²) in [5, 5.41) is 2.65. The fourth-order valence-corrected chi connectivity index (χ4v) is 2.30. The highest BCUT2D eigenvalue weighted by Crippen LogP contribution is 2.27. The van der Waals surface area contributed by atoms with Crippen molar-refractivity contribution in [3.63, 3.8) is 0 Å². The Balaban J connectivity index is 1.94. The van der Waals surface area contributed by atoms with Crippen LogP contribution in [0, 0.1) is 6.92 Å². The van der Waals surface area contributed by atoms with Gasteiger partial charge in [0.2, 0.25) is 0 Å². The molecule has 6 heteroatoms. The summed E-state index contributed by atoms with van der Waals surface area (Å²) in [5.74, 6) is 0.663. The van der Waals surface area contributed by atoms with E-state index >= 15 is 0 Å². The maximum atomic E-state index is 12.1. The topological polar surface area (TPSA) is 47.6 Å². The second-order valence-electron chi connectivity index (χ2n) is 5.94. The van der Waals surface area contributed by atoms with Crippen LogP contribution in [0.5, 0.6) is 11.5 Å². The monoisotopic (exact) mass is 349 g/mol. The minimum atomic E-state index is -2.88. The number of amides is 1. The lowest BCUT2D eigenvalue weighted by atomic mass is 10.0. The smallest absolute Gasteiger partial charge is 0.387 e. The second-order valence-corrected chi connectivity index (χ2v) is 5.94. The first-order chi connectivity index (χ1) is 11.8. The van der Waals surface area contributed by atoms with Crippen LogP contribution in [-0.2, 0) is 4.79 Å². The summed E-state index contributed by atoms with van der Waals surface area (Å²) in [4.78, 5) is 12.0. The number of rotatable bonds is 7. The van der Waals surface area contributed by atoms with Crippen LogP contribution in [0.25, 0.3) is 0 Å². The molecule has 0 saturated heterocycles. The van der Waals surface area contributed by atoms with Crippen LogP contribution in [0.2, 0.25) is 0 Å². The van der Waals surface area contributed by atoms with E-state index in [1.165, 1.54) is 24.3 Å². The molecule has 0 aliphatic carbocycles. The van der Waals surface area contributed by atoms with Crippen LogP contribution < -0.4 is 14.8 Å². The van der Waals surface area contributed by atoms with E-state index in [2.05, 4.69) is 23.9 Å². The van der Waals surface area contributed by atoms with E-state index < -0.39 is 6.61 Å². The highest BCUT2D eigenvalue weighted by Gasteiger charge is 2.11. The van der Waals surface area contributed by atoms with Crippen molar-refractivity contribution in [1.29, 1.82) is 0 Å². The number of aryl methyl sites for hydroxylation is 1. The van der Waals surface area contributed by atoms with Gasteiger partial charge in [-0.25, -0.2) is 0 Å². The van der Waals surface area contributed by atoms with E-state index in [0.717, 1.165) is 11.1 Å². The Morgan fingerprint density at radius 1 is 1.12 bits per heavy atom. The van der Waals surface area contributed by atoms with Crippen molar-refractivity contribution in [1.82, 2.24) is 0 Å².